The Morgan fingerprint density at radius 1 is 1.42 bits per heavy atom. The molecule has 6 heteroatoms. The third-order valence-corrected chi connectivity index (χ3v) is 3.55. The maximum Gasteiger partial charge on any atom is 0.269 e. The smallest absolute Gasteiger partial charge is 0.269 e. The van der Waals surface area contributed by atoms with Crippen LogP contribution < -0.4 is 4.90 Å². The largest absolute Gasteiger partial charge is 0.304 e. The zero-order chi connectivity index (χ0) is 13.6. The minimum absolute atomic E-state index is 0.0260. The molecule has 1 aromatic rings. The summed E-state index contributed by atoms with van der Waals surface area (Å²) in [5.41, 5.74) is 1.23. The molecular weight excluding hydrogens is 248 g/mol. The number of hydrogen-bond donors (Lipinski definition) is 0. The number of ketones is 1. The molecule has 0 aromatic heterocycles. The molecule has 1 aliphatic heterocycles. The predicted molar refractivity (Wildman–Crippen MR) is 66.9 cm³/mol. The van der Waals surface area contributed by atoms with Crippen LogP contribution in [0.1, 0.15) is 18.4 Å². The van der Waals surface area contributed by atoms with Gasteiger partial charge in [0, 0.05) is 23.7 Å². The molecular formula is C13H12N2O4. The zero-order valence-corrected chi connectivity index (χ0v) is 10.2. The van der Waals surface area contributed by atoms with E-state index in [9.17, 15) is 19.7 Å². The number of fused-ring (bicyclic) bond motifs is 1. The van der Waals surface area contributed by atoms with Crippen molar-refractivity contribution in [1.29, 1.82) is 0 Å². The molecule has 98 valence electrons. The first-order valence-corrected chi connectivity index (χ1v) is 6.16. The first-order chi connectivity index (χ1) is 9.06. The van der Waals surface area contributed by atoms with Crippen molar-refractivity contribution in [2.75, 3.05) is 11.4 Å². The summed E-state index contributed by atoms with van der Waals surface area (Å²) >= 11 is 0. The molecule has 1 amide bonds. The van der Waals surface area contributed by atoms with Crippen LogP contribution in [0.4, 0.5) is 11.4 Å². The van der Waals surface area contributed by atoms with Gasteiger partial charge in [-0.3, -0.25) is 19.7 Å². The third-order valence-electron chi connectivity index (χ3n) is 3.55. The molecule has 1 aliphatic carbocycles. The van der Waals surface area contributed by atoms with Crippen LogP contribution in [0.2, 0.25) is 0 Å². The van der Waals surface area contributed by atoms with Crippen molar-refractivity contribution in [3.63, 3.8) is 0 Å². The third kappa shape index (κ3) is 2.09. The number of nitrogens with zero attached hydrogens (tertiary/aromatic N) is 2. The van der Waals surface area contributed by atoms with Gasteiger partial charge in [0.2, 0.25) is 5.91 Å². The fourth-order valence-electron chi connectivity index (χ4n) is 2.35. The second-order valence-corrected chi connectivity index (χ2v) is 4.97. The number of nitro groups is 1. The summed E-state index contributed by atoms with van der Waals surface area (Å²) in [6, 6.07) is 4.33. The highest BCUT2D eigenvalue weighted by Gasteiger charge is 2.35. The number of Topliss-reactive ketones (excluding diaryl/α,β-unsaturated/α-hetero) is 1. The van der Waals surface area contributed by atoms with E-state index in [-0.39, 0.29) is 36.3 Å². The van der Waals surface area contributed by atoms with E-state index in [0.29, 0.717) is 11.3 Å². The number of amides is 1. The molecule has 0 N–H and O–H groups in total. The average Bonchev–Trinajstić information content (AvgIpc) is 3.16. The van der Waals surface area contributed by atoms with Crippen molar-refractivity contribution in [1.82, 2.24) is 0 Å². The van der Waals surface area contributed by atoms with Crippen LogP contribution in [0.3, 0.4) is 0 Å². The van der Waals surface area contributed by atoms with Crippen LogP contribution in [0.15, 0.2) is 18.2 Å². The van der Waals surface area contributed by atoms with Crippen LogP contribution in [-0.4, -0.2) is 23.2 Å². The van der Waals surface area contributed by atoms with Gasteiger partial charge in [-0.1, -0.05) is 0 Å². The van der Waals surface area contributed by atoms with Gasteiger partial charge in [-0.25, -0.2) is 0 Å². The highest BCUT2D eigenvalue weighted by atomic mass is 16.6. The summed E-state index contributed by atoms with van der Waals surface area (Å²) in [5.74, 6) is 0.0268. The van der Waals surface area contributed by atoms with Crippen LogP contribution in [0, 0.1) is 16.0 Å². The lowest BCUT2D eigenvalue weighted by Gasteiger charge is -2.16. The number of nitro benzene ring substituents is 1. The number of benzene rings is 1. The summed E-state index contributed by atoms with van der Waals surface area (Å²) in [6.45, 7) is 0.0916. The van der Waals surface area contributed by atoms with Crippen molar-refractivity contribution < 1.29 is 14.5 Å². The Labute approximate surface area is 109 Å². The van der Waals surface area contributed by atoms with E-state index in [1.807, 2.05) is 0 Å². The minimum atomic E-state index is -0.483. The van der Waals surface area contributed by atoms with Gasteiger partial charge in [0.25, 0.3) is 5.69 Å². The predicted octanol–water partition coefficient (Wildman–Crippen LogP) is 1.46. The van der Waals surface area contributed by atoms with Gasteiger partial charge in [-0.05, 0) is 24.5 Å². The highest BCUT2D eigenvalue weighted by Crippen LogP contribution is 2.34. The molecule has 1 fully saturated rings. The molecule has 0 atom stereocenters. The Kier molecular flexibility index (Phi) is 2.58. The van der Waals surface area contributed by atoms with Crippen molar-refractivity contribution in [2.24, 2.45) is 5.92 Å². The van der Waals surface area contributed by atoms with Gasteiger partial charge in [0.05, 0.1) is 17.9 Å². The summed E-state index contributed by atoms with van der Waals surface area (Å²) < 4.78 is 0. The number of anilines is 1. The Morgan fingerprint density at radius 3 is 2.79 bits per heavy atom. The molecule has 0 spiro atoms. The number of non-ortho nitro benzene ring substituents is 1. The van der Waals surface area contributed by atoms with Crippen molar-refractivity contribution in [2.45, 2.75) is 19.3 Å². The van der Waals surface area contributed by atoms with Gasteiger partial charge in [0.1, 0.15) is 0 Å². The molecule has 0 saturated heterocycles. The van der Waals surface area contributed by atoms with E-state index in [0.717, 1.165) is 12.8 Å². The molecule has 2 aliphatic rings. The van der Waals surface area contributed by atoms with E-state index < -0.39 is 4.92 Å². The zero-order valence-electron chi connectivity index (χ0n) is 10.2. The molecule has 0 unspecified atom stereocenters. The van der Waals surface area contributed by atoms with E-state index in [2.05, 4.69) is 0 Å². The summed E-state index contributed by atoms with van der Waals surface area (Å²) in [7, 11) is 0. The second kappa shape index (κ2) is 4.15. The molecule has 3 rings (SSSR count). The van der Waals surface area contributed by atoms with Gasteiger partial charge < -0.3 is 4.90 Å². The standard InChI is InChI=1S/C13H12N2O4/c16-12(8-1-2-8)7-14-11-4-3-10(15(18)19)5-9(11)6-13(14)17/h3-5,8H,1-2,6-7H2. The SMILES string of the molecule is O=C(CN1C(=O)Cc2cc([N+](=O)[O-])ccc21)C1CC1. The Hall–Kier alpha value is -2.24. The minimum Gasteiger partial charge on any atom is -0.304 e. The topological polar surface area (TPSA) is 80.5 Å². The lowest BCUT2D eigenvalue weighted by Crippen LogP contribution is -2.33. The van der Waals surface area contributed by atoms with E-state index in [1.54, 1.807) is 6.07 Å². The Bertz CT molecular complexity index is 592. The van der Waals surface area contributed by atoms with Gasteiger partial charge in [-0.2, -0.15) is 0 Å². The maximum atomic E-state index is 11.9. The fourth-order valence-corrected chi connectivity index (χ4v) is 2.35. The van der Waals surface area contributed by atoms with Crippen LogP contribution in [0.5, 0.6) is 0 Å². The second-order valence-electron chi connectivity index (χ2n) is 4.97. The summed E-state index contributed by atoms with van der Waals surface area (Å²) in [5, 5.41) is 10.7. The fraction of sp³-hybridized carbons (Fsp3) is 0.385. The van der Waals surface area contributed by atoms with Gasteiger partial charge >= 0.3 is 0 Å². The van der Waals surface area contributed by atoms with Gasteiger partial charge in [-0.15, -0.1) is 0 Å². The first-order valence-electron chi connectivity index (χ1n) is 6.16. The molecule has 1 saturated carbocycles. The maximum absolute atomic E-state index is 11.9. The van der Waals surface area contributed by atoms with Crippen LogP contribution in [-0.2, 0) is 16.0 Å². The highest BCUT2D eigenvalue weighted by molar-refractivity contribution is 6.06. The number of rotatable bonds is 4. The van der Waals surface area contributed by atoms with E-state index >= 15 is 0 Å². The number of carbonyl (C=O) groups excluding carboxylic acids is 2. The van der Waals surface area contributed by atoms with Gasteiger partial charge in [0.15, 0.2) is 5.78 Å². The average molecular weight is 260 g/mol. The molecule has 1 heterocycles. The Balaban J connectivity index is 1.86. The van der Waals surface area contributed by atoms with Crippen LogP contribution in [0.25, 0.3) is 0 Å². The molecule has 1 aromatic carbocycles. The quantitative estimate of drug-likeness (QED) is 0.606. The summed E-state index contributed by atoms with van der Waals surface area (Å²) in [4.78, 5) is 35.3. The van der Waals surface area contributed by atoms with E-state index in [1.165, 1.54) is 17.0 Å². The van der Waals surface area contributed by atoms with Crippen molar-refractivity contribution >= 4 is 23.1 Å². The normalized spacial score (nSPS) is 17.5. The molecule has 6 nitrogen and oxygen atoms in total. The first kappa shape index (κ1) is 11.8. The monoisotopic (exact) mass is 260 g/mol. The molecule has 0 radical (unpaired) electrons. The molecule has 19 heavy (non-hydrogen) atoms. The van der Waals surface area contributed by atoms with Crippen molar-refractivity contribution in [3.05, 3.63) is 33.9 Å². The van der Waals surface area contributed by atoms with Crippen LogP contribution >= 0.6 is 0 Å². The Morgan fingerprint density at radius 2 is 2.16 bits per heavy atom. The van der Waals surface area contributed by atoms with Crippen molar-refractivity contribution in [3.8, 4) is 0 Å². The number of hydrogen-bond acceptors (Lipinski definition) is 4. The van der Waals surface area contributed by atoms with E-state index in [4.69, 9.17) is 0 Å². The number of carbonyl (C=O) groups is 2. The summed E-state index contributed by atoms with van der Waals surface area (Å²) in [6.07, 6.45) is 1.96. The lowest BCUT2D eigenvalue weighted by molar-refractivity contribution is -0.384. The molecule has 0 bridgehead atoms. The lowest BCUT2D eigenvalue weighted by atomic mass is 10.1.